The lowest BCUT2D eigenvalue weighted by Crippen LogP contribution is -2.40. The predicted octanol–water partition coefficient (Wildman–Crippen LogP) is 4.13. The molecule has 0 spiro atoms. The first-order valence-electron chi connectivity index (χ1n) is 12.4. The molecule has 0 aliphatic carbocycles. The quantitative estimate of drug-likeness (QED) is 0.522. The number of carboxylic acids is 1. The summed E-state index contributed by atoms with van der Waals surface area (Å²) in [6, 6.07) is 12.8. The van der Waals surface area contributed by atoms with Gasteiger partial charge in [0.2, 0.25) is 6.79 Å². The fourth-order valence-electron chi connectivity index (χ4n) is 5.17. The molecule has 3 unspecified atom stereocenters. The largest absolute Gasteiger partial charge is 0.497 e. The topological polar surface area (TPSA) is 97.8 Å². The van der Waals surface area contributed by atoms with Crippen molar-refractivity contribution in [2.45, 2.75) is 32.2 Å². The first-order valence-corrected chi connectivity index (χ1v) is 12.4. The number of ether oxygens (including phenoxy) is 4. The molecule has 0 bridgehead atoms. The lowest BCUT2D eigenvalue weighted by atomic mass is 9.82. The van der Waals surface area contributed by atoms with Crippen LogP contribution < -0.4 is 14.2 Å². The van der Waals surface area contributed by atoms with Gasteiger partial charge in [-0.15, -0.1) is 0 Å². The molecular weight excluding hydrogens is 464 g/mol. The highest BCUT2D eigenvalue weighted by Crippen LogP contribution is 2.47. The van der Waals surface area contributed by atoms with E-state index in [0.29, 0.717) is 50.0 Å². The number of rotatable bonds is 10. The molecule has 2 aromatic rings. The van der Waals surface area contributed by atoms with Gasteiger partial charge in [0, 0.05) is 38.1 Å². The van der Waals surface area contributed by atoms with Gasteiger partial charge in [-0.2, -0.15) is 0 Å². The van der Waals surface area contributed by atoms with Crippen molar-refractivity contribution in [2.75, 3.05) is 46.7 Å². The van der Waals surface area contributed by atoms with E-state index in [0.717, 1.165) is 17.5 Å². The van der Waals surface area contributed by atoms with Crippen LogP contribution >= 0.6 is 0 Å². The van der Waals surface area contributed by atoms with Crippen LogP contribution in [0, 0.1) is 5.92 Å². The van der Waals surface area contributed by atoms with Gasteiger partial charge in [-0.3, -0.25) is 9.69 Å². The summed E-state index contributed by atoms with van der Waals surface area (Å²) in [6.45, 7) is 6.33. The Labute approximate surface area is 211 Å². The lowest BCUT2D eigenvalue weighted by molar-refractivity contribution is -0.143. The summed E-state index contributed by atoms with van der Waals surface area (Å²) in [7, 11) is 1.60. The normalized spacial score (nSPS) is 20.8. The Kier molecular flexibility index (Phi) is 8.20. The number of benzene rings is 2. The summed E-state index contributed by atoms with van der Waals surface area (Å²) in [5.41, 5.74) is 1.79. The zero-order valence-electron chi connectivity index (χ0n) is 21.0. The maximum absolute atomic E-state index is 12.7. The molecule has 4 rings (SSSR count). The van der Waals surface area contributed by atoms with E-state index in [1.165, 1.54) is 0 Å². The van der Waals surface area contributed by atoms with Gasteiger partial charge in [-0.1, -0.05) is 25.1 Å². The first kappa shape index (κ1) is 25.6. The van der Waals surface area contributed by atoms with Crippen molar-refractivity contribution in [3.05, 3.63) is 53.6 Å². The summed E-state index contributed by atoms with van der Waals surface area (Å²) < 4.78 is 21.5. The Morgan fingerprint density at radius 3 is 2.44 bits per heavy atom. The van der Waals surface area contributed by atoms with E-state index in [9.17, 15) is 14.7 Å². The number of amides is 1. The number of fused-ring (bicyclic) bond motifs is 1. The number of likely N-dealkylation sites (tertiary alicyclic amines) is 1. The van der Waals surface area contributed by atoms with E-state index in [1.807, 2.05) is 49.4 Å². The molecule has 1 fully saturated rings. The highest BCUT2D eigenvalue weighted by molar-refractivity contribution is 5.74. The summed E-state index contributed by atoms with van der Waals surface area (Å²) in [6.07, 6.45) is 0.458. The van der Waals surface area contributed by atoms with Crippen molar-refractivity contribution in [3.8, 4) is 17.2 Å². The van der Waals surface area contributed by atoms with Crippen LogP contribution in [0.3, 0.4) is 0 Å². The summed E-state index contributed by atoms with van der Waals surface area (Å²) in [5.74, 6) is 0.173. The molecule has 1 saturated heterocycles. The summed E-state index contributed by atoms with van der Waals surface area (Å²) >= 11 is 0. The van der Waals surface area contributed by atoms with Gasteiger partial charge in [0.05, 0.1) is 19.6 Å². The van der Waals surface area contributed by atoms with Gasteiger partial charge in [-0.25, -0.2) is 4.79 Å². The number of hydrogen-bond donors (Lipinski definition) is 1. The van der Waals surface area contributed by atoms with Crippen molar-refractivity contribution < 1.29 is 33.6 Å². The fourth-order valence-corrected chi connectivity index (χ4v) is 5.17. The minimum atomic E-state index is -0.864. The third kappa shape index (κ3) is 5.36. The van der Waals surface area contributed by atoms with E-state index < -0.39 is 11.9 Å². The van der Waals surface area contributed by atoms with Crippen LogP contribution in [0.4, 0.5) is 4.79 Å². The first-order chi connectivity index (χ1) is 17.5. The molecule has 36 heavy (non-hydrogen) atoms. The lowest BCUT2D eigenvalue weighted by Gasteiger charge is -2.30. The maximum atomic E-state index is 12.7. The standard InChI is InChI=1S/C27H34N2O7/c1-4-12-28(27(32)34-5-2)13-14-29-16-21(19-8-11-22-23(15-19)36-17-35-22)24(26(30)31)25(29)18-6-9-20(33-3)10-7-18/h6-11,15,21,24-25H,4-5,12-14,16-17H2,1-3H3,(H,30,31). The van der Waals surface area contributed by atoms with E-state index >= 15 is 0 Å². The molecule has 0 radical (unpaired) electrons. The molecule has 1 amide bonds. The third-order valence-electron chi connectivity index (χ3n) is 6.84. The molecule has 2 heterocycles. The van der Waals surface area contributed by atoms with E-state index in [2.05, 4.69) is 4.90 Å². The van der Waals surface area contributed by atoms with Crippen LogP contribution in [0.5, 0.6) is 17.2 Å². The molecule has 3 atom stereocenters. The van der Waals surface area contributed by atoms with Gasteiger partial charge in [0.1, 0.15) is 5.75 Å². The molecule has 194 valence electrons. The second-order valence-electron chi connectivity index (χ2n) is 8.98. The Hall–Kier alpha value is -3.46. The van der Waals surface area contributed by atoms with E-state index in [4.69, 9.17) is 18.9 Å². The van der Waals surface area contributed by atoms with Crippen molar-refractivity contribution in [1.82, 2.24) is 9.80 Å². The van der Waals surface area contributed by atoms with Crippen LogP contribution in [0.2, 0.25) is 0 Å². The number of aliphatic carboxylic acids is 1. The van der Waals surface area contributed by atoms with E-state index in [1.54, 1.807) is 18.9 Å². The Morgan fingerprint density at radius 1 is 1.06 bits per heavy atom. The Balaban J connectivity index is 1.66. The Morgan fingerprint density at radius 2 is 1.78 bits per heavy atom. The maximum Gasteiger partial charge on any atom is 0.409 e. The number of carbonyl (C=O) groups excluding carboxylic acids is 1. The van der Waals surface area contributed by atoms with Crippen molar-refractivity contribution >= 4 is 12.1 Å². The predicted molar refractivity (Wildman–Crippen MR) is 133 cm³/mol. The van der Waals surface area contributed by atoms with E-state index in [-0.39, 0.29) is 24.8 Å². The second-order valence-corrected chi connectivity index (χ2v) is 8.98. The number of methoxy groups -OCH3 is 1. The smallest absolute Gasteiger partial charge is 0.409 e. The van der Waals surface area contributed by atoms with Crippen molar-refractivity contribution in [1.29, 1.82) is 0 Å². The minimum absolute atomic E-state index is 0.160. The molecule has 9 nitrogen and oxygen atoms in total. The molecular formula is C27H34N2O7. The zero-order valence-corrected chi connectivity index (χ0v) is 21.0. The van der Waals surface area contributed by atoms with Crippen LogP contribution in [0.1, 0.15) is 43.4 Å². The number of carbonyl (C=O) groups is 2. The third-order valence-corrected chi connectivity index (χ3v) is 6.84. The van der Waals surface area contributed by atoms with Crippen molar-refractivity contribution in [3.63, 3.8) is 0 Å². The number of hydrogen-bond acceptors (Lipinski definition) is 7. The SMILES string of the molecule is CCCN(CCN1CC(c2ccc3c(c2)OCO3)C(C(=O)O)C1c1ccc(OC)cc1)C(=O)OCC. The monoisotopic (exact) mass is 498 g/mol. The van der Waals surface area contributed by atoms with Crippen molar-refractivity contribution in [2.24, 2.45) is 5.92 Å². The highest BCUT2D eigenvalue weighted by Gasteiger charge is 2.47. The molecule has 2 aliphatic heterocycles. The average Bonchev–Trinajstić information content (AvgIpc) is 3.51. The highest BCUT2D eigenvalue weighted by atomic mass is 16.7. The van der Waals surface area contributed by atoms with Gasteiger partial charge in [0.15, 0.2) is 11.5 Å². The van der Waals surface area contributed by atoms with Gasteiger partial charge in [0.25, 0.3) is 0 Å². The fraction of sp³-hybridized carbons (Fsp3) is 0.481. The van der Waals surface area contributed by atoms with Gasteiger partial charge < -0.3 is 29.0 Å². The zero-order chi connectivity index (χ0) is 25.7. The molecule has 9 heteroatoms. The molecule has 0 saturated carbocycles. The Bertz CT molecular complexity index is 1060. The second kappa shape index (κ2) is 11.5. The van der Waals surface area contributed by atoms with Gasteiger partial charge >= 0.3 is 12.1 Å². The summed E-state index contributed by atoms with van der Waals surface area (Å²) in [4.78, 5) is 29.0. The van der Waals surface area contributed by atoms with Crippen LogP contribution in [-0.2, 0) is 9.53 Å². The minimum Gasteiger partial charge on any atom is -0.497 e. The molecule has 1 N–H and O–H groups in total. The number of carboxylic acid groups (broad SMARTS) is 1. The molecule has 2 aliphatic rings. The molecule has 2 aromatic carbocycles. The van der Waals surface area contributed by atoms with Crippen LogP contribution in [0.15, 0.2) is 42.5 Å². The summed E-state index contributed by atoms with van der Waals surface area (Å²) in [5, 5.41) is 10.4. The molecule has 0 aromatic heterocycles. The van der Waals surface area contributed by atoms with Gasteiger partial charge in [-0.05, 0) is 48.7 Å². The average molecular weight is 499 g/mol. The van der Waals surface area contributed by atoms with Crippen LogP contribution in [0.25, 0.3) is 0 Å². The number of nitrogens with zero attached hydrogens (tertiary/aromatic N) is 2. The van der Waals surface area contributed by atoms with Crippen LogP contribution in [-0.4, -0.2) is 73.7 Å².